The van der Waals surface area contributed by atoms with Crippen molar-refractivity contribution < 1.29 is 14.8 Å². The first kappa shape index (κ1) is 17.7. The van der Waals surface area contributed by atoms with Gasteiger partial charge in [0.1, 0.15) is 0 Å². The molecule has 2 aromatic heterocycles. The van der Waals surface area contributed by atoms with Crippen molar-refractivity contribution in [3.8, 4) is 11.7 Å². The second-order valence-corrected chi connectivity index (χ2v) is 6.80. The van der Waals surface area contributed by atoms with Gasteiger partial charge in [-0.3, -0.25) is 0 Å². The van der Waals surface area contributed by atoms with Gasteiger partial charge in [-0.25, -0.2) is 4.98 Å². The van der Waals surface area contributed by atoms with Crippen LogP contribution in [0.2, 0.25) is 0 Å². The quantitative estimate of drug-likeness (QED) is 0.440. The van der Waals surface area contributed by atoms with Crippen molar-refractivity contribution in [1.29, 1.82) is 0 Å². The van der Waals surface area contributed by atoms with Crippen molar-refractivity contribution in [2.45, 2.75) is 13.0 Å². The van der Waals surface area contributed by atoms with Crippen LogP contribution in [0.5, 0.6) is 5.75 Å². The van der Waals surface area contributed by atoms with Gasteiger partial charge in [0.15, 0.2) is 11.6 Å². The van der Waals surface area contributed by atoms with Crippen LogP contribution in [0, 0.1) is 0 Å². The fourth-order valence-electron chi connectivity index (χ4n) is 3.51. The number of ether oxygens (including phenoxy) is 1. The summed E-state index contributed by atoms with van der Waals surface area (Å²) >= 11 is 0. The first-order valence-corrected chi connectivity index (χ1v) is 9.35. The minimum atomic E-state index is -1.58. The van der Waals surface area contributed by atoms with E-state index >= 15 is 0 Å². The van der Waals surface area contributed by atoms with Crippen LogP contribution in [0.25, 0.3) is 16.9 Å². The third-order valence-corrected chi connectivity index (χ3v) is 4.93. The molecule has 8 nitrogen and oxygen atoms in total. The molecule has 29 heavy (non-hydrogen) atoms. The molecular weight excluding hydrogens is 369 g/mol. The monoisotopic (exact) mass is 387 g/mol. The molecule has 144 valence electrons. The Kier molecular flexibility index (Phi) is 4.38. The Morgan fingerprint density at radius 1 is 1.07 bits per heavy atom. The summed E-state index contributed by atoms with van der Waals surface area (Å²) in [6.07, 6.45) is 2.29. The zero-order valence-electron chi connectivity index (χ0n) is 15.5. The lowest BCUT2D eigenvalue weighted by molar-refractivity contribution is 0.357. The number of benzene rings is 2. The predicted molar refractivity (Wildman–Crippen MR) is 109 cm³/mol. The first-order valence-electron chi connectivity index (χ1n) is 9.35. The molecule has 3 heterocycles. The fraction of sp³-hybridized carbons (Fsp3) is 0.150. The summed E-state index contributed by atoms with van der Waals surface area (Å²) in [7, 11) is -1.58. The zero-order valence-corrected chi connectivity index (χ0v) is 15.5. The summed E-state index contributed by atoms with van der Waals surface area (Å²) in [6, 6.07) is 15.3. The maximum absolute atomic E-state index is 9.61. The van der Waals surface area contributed by atoms with Gasteiger partial charge in [0.05, 0.1) is 24.0 Å². The summed E-state index contributed by atoms with van der Waals surface area (Å²) in [5.41, 5.74) is 3.04. The summed E-state index contributed by atoms with van der Waals surface area (Å²) in [5, 5.41) is 27.6. The molecule has 0 spiro atoms. The van der Waals surface area contributed by atoms with Gasteiger partial charge < -0.3 is 20.1 Å². The van der Waals surface area contributed by atoms with E-state index in [-0.39, 0.29) is 0 Å². The molecule has 0 radical (unpaired) electrons. The molecule has 3 N–H and O–H groups in total. The van der Waals surface area contributed by atoms with E-state index < -0.39 is 7.12 Å². The molecular formula is C20H18BN5O3. The predicted octanol–water partition coefficient (Wildman–Crippen LogP) is 1.04. The number of rotatable bonds is 5. The molecule has 1 aliphatic rings. The van der Waals surface area contributed by atoms with Gasteiger partial charge >= 0.3 is 7.12 Å². The fourth-order valence-corrected chi connectivity index (χ4v) is 3.51. The Morgan fingerprint density at radius 3 is 2.76 bits per heavy atom. The zero-order chi connectivity index (χ0) is 19.8. The lowest BCUT2D eigenvalue weighted by Crippen LogP contribution is -2.30. The van der Waals surface area contributed by atoms with Crippen LogP contribution in [-0.4, -0.2) is 43.5 Å². The van der Waals surface area contributed by atoms with Crippen molar-refractivity contribution in [3.05, 3.63) is 66.0 Å². The van der Waals surface area contributed by atoms with Crippen LogP contribution in [0.15, 0.2) is 54.7 Å². The van der Waals surface area contributed by atoms with Gasteiger partial charge in [-0.05, 0) is 17.1 Å². The second kappa shape index (κ2) is 7.19. The van der Waals surface area contributed by atoms with Gasteiger partial charge in [0.2, 0.25) is 0 Å². The highest BCUT2D eigenvalue weighted by Crippen LogP contribution is 2.32. The number of hydrogen-bond donors (Lipinski definition) is 3. The van der Waals surface area contributed by atoms with Gasteiger partial charge in [-0.2, -0.15) is 14.8 Å². The molecule has 0 atom stereocenters. The summed E-state index contributed by atoms with van der Waals surface area (Å²) < 4.78 is 7.35. The van der Waals surface area contributed by atoms with Gasteiger partial charge in [-0.1, -0.05) is 42.5 Å². The minimum absolute atomic E-state index is 0.390. The van der Waals surface area contributed by atoms with E-state index in [0.717, 1.165) is 11.3 Å². The smallest absolute Gasteiger partial charge is 0.487 e. The van der Waals surface area contributed by atoms with Crippen LogP contribution in [-0.2, 0) is 13.0 Å². The van der Waals surface area contributed by atoms with E-state index in [0.29, 0.717) is 53.5 Å². The summed E-state index contributed by atoms with van der Waals surface area (Å²) in [6.45, 7) is 1.17. The third-order valence-electron chi connectivity index (χ3n) is 4.93. The molecule has 9 heteroatoms. The van der Waals surface area contributed by atoms with E-state index in [1.807, 2.05) is 36.4 Å². The largest absolute Gasteiger partial charge is 0.489 e. The van der Waals surface area contributed by atoms with Crippen LogP contribution in [0.1, 0.15) is 11.3 Å². The van der Waals surface area contributed by atoms with E-state index in [2.05, 4.69) is 20.4 Å². The van der Waals surface area contributed by atoms with E-state index in [1.165, 1.54) is 0 Å². The SMILES string of the molecule is OB(O)c1cccc2c1cnn2-c1nc2c(c(NCc3ccccc3)n1)OCC2. The maximum Gasteiger partial charge on any atom is 0.489 e. The average molecular weight is 387 g/mol. The van der Waals surface area contributed by atoms with E-state index in [9.17, 15) is 10.0 Å². The molecule has 0 unspecified atom stereocenters. The van der Waals surface area contributed by atoms with Crippen molar-refractivity contribution in [2.24, 2.45) is 0 Å². The number of nitrogens with one attached hydrogen (secondary N) is 1. The molecule has 2 aromatic carbocycles. The van der Waals surface area contributed by atoms with Crippen LogP contribution in [0.3, 0.4) is 0 Å². The van der Waals surface area contributed by atoms with Gasteiger partial charge in [0, 0.05) is 18.4 Å². The lowest BCUT2D eigenvalue weighted by atomic mass is 9.78. The molecule has 0 aliphatic carbocycles. The van der Waals surface area contributed by atoms with Gasteiger partial charge in [-0.15, -0.1) is 0 Å². The highest BCUT2D eigenvalue weighted by molar-refractivity contribution is 6.61. The Bertz CT molecular complexity index is 1180. The molecule has 1 aliphatic heterocycles. The average Bonchev–Trinajstić information content (AvgIpc) is 3.39. The molecule has 4 aromatic rings. The Hall–Kier alpha value is -3.43. The topological polar surface area (TPSA) is 105 Å². The molecule has 0 saturated carbocycles. The van der Waals surface area contributed by atoms with Crippen LogP contribution < -0.4 is 15.5 Å². The van der Waals surface area contributed by atoms with Crippen molar-refractivity contribution >= 4 is 29.3 Å². The maximum atomic E-state index is 9.61. The Balaban J connectivity index is 1.56. The molecule has 0 fully saturated rings. The number of aromatic nitrogens is 4. The molecule has 5 rings (SSSR count). The van der Waals surface area contributed by atoms with Crippen LogP contribution in [0.4, 0.5) is 5.82 Å². The molecule has 0 amide bonds. The lowest BCUT2D eigenvalue weighted by Gasteiger charge is -2.12. The third kappa shape index (κ3) is 3.20. The Morgan fingerprint density at radius 2 is 1.93 bits per heavy atom. The molecule has 0 bridgehead atoms. The van der Waals surface area contributed by atoms with Crippen molar-refractivity contribution in [1.82, 2.24) is 19.7 Å². The van der Waals surface area contributed by atoms with Crippen molar-refractivity contribution in [3.63, 3.8) is 0 Å². The standard InChI is InChI=1S/C20H18BN5O3/c27-21(28)15-7-4-8-17-14(15)12-23-26(17)20-24-16-9-10-29-18(16)19(25-20)22-11-13-5-2-1-3-6-13/h1-8,12,27-28H,9-11H2,(H,22,24,25). The minimum Gasteiger partial charge on any atom is -0.487 e. The summed E-state index contributed by atoms with van der Waals surface area (Å²) in [4.78, 5) is 9.29. The van der Waals surface area contributed by atoms with Crippen molar-refractivity contribution in [2.75, 3.05) is 11.9 Å². The number of hydrogen-bond acceptors (Lipinski definition) is 7. The van der Waals surface area contributed by atoms with E-state index in [1.54, 1.807) is 23.0 Å². The van der Waals surface area contributed by atoms with Crippen LogP contribution >= 0.6 is 0 Å². The highest BCUT2D eigenvalue weighted by Gasteiger charge is 2.23. The van der Waals surface area contributed by atoms with E-state index in [4.69, 9.17) is 4.74 Å². The number of anilines is 1. The normalized spacial score (nSPS) is 12.6. The second-order valence-electron chi connectivity index (χ2n) is 6.80. The van der Waals surface area contributed by atoms with Gasteiger partial charge in [0.25, 0.3) is 5.95 Å². The highest BCUT2D eigenvalue weighted by atomic mass is 16.5. The Labute approximate surface area is 167 Å². The number of fused-ring (bicyclic) bond motifs is 2. The summed E-state index contributed by atoms with van der Waals surface area (Å²) in [5.74, 6) is 1.70. The molecule has 0 saturated heterocycles. The number of nitrogens with zero attached hydrogens (tertiary/aromatic N) is 4. The first-order chi connectivity index (χ1) is 14.2.